The van der Waals surface area contributed by atoms with Gasteiger partial charge in [-0.2, -0.15) is 0 Å². The first-order valence-electron chi connectivity index (χ1n) is 6.27. The van der Waals surface area contributed by atoms with Gasteiger partial charge in [-0.25, -0.2) is 0 Å². The number of rotatable bonds is 3. The van der Waals surface area contributed by atoms with Crippen molar-refractivity contribution in [1.82, 2.24) is 10.3 Å². The van der Waals surface area contributed by atoms with Crippen molar-refractivity contribution >= 4 is 17.3 Å². The summed E-state index contributed by atoms with van der Waals surface area (Å²) in [6.45, 7) is 2.83. The smallest absolute Gasteiger partial charge is 0.368 e. The lowest BCUT2D eigenvalue weighted by atomic mass is 10.2. The molecule has 2 aromatic rings. The van der Waals surface area contributed by atoms with Gasteiger partial charge in [0.2, 0.25) is 0 Å². The van der Waals surface area contributed by atoms with E-state index < -0.39 is 4.92 Å². The highest BCUT2D eigenvalue weighted by molar-refractivity contribution is 5.54. The van der Waals surface area contributed by atoms with Crippen molar-refractivity contribution in [1.29, 1.82) is 0 Å². The van der Waals surface area contributed by atoms with Crippen LogP contribution in [0, 0.1) is 10.1 Å². The number of aromatic nitrogens is 2. The van der Waals surface area contributed by atoms with Gasteiger partial charge in [0.15, 0.2) is 5.16 Å². The van der Waals surface area contributed by atoms with Crippen molar-refractivity contribution in [3.05, 3.63) is 40.4 Å². The molecule has 0 atom stereocenters. The Balaban J connectivity index is 1.70. The van der Waals surface area contributed by atoms with E-state index in [1.165, 1.54) is 0 Å². The molecule has 2 heterocycles. The fourth-order valence-corrected chi connectivity index (χ4v) is 2.31. The Bertz CT molecular complexity index is 592. The van der Waals surface area contributed by atoms with Crippen LogP contribution in [0.15, 0.2) is 35.0 Å². The lowest BCUT2D eigenvalue weighted by Gasteiger charge is -2.35. The molecule has 0 aliphatic carbocycles. The van der Waals surface area contributed by atoms with E-state index in [-0.39, 0.29) is 11.6 Å². The molecule has 20 heavy (non-hydrogen) atoms. The fraction of sp³-hybridized carbons (Fsp3) is 0.333. The highest BCUT2D eigenvalue weighted by atomic mass is 16.6. The molecule has 0 amide bonds. The summed E-state index contributed by atoms with van der Waals surface area (Å²) in [6, 6.07) is 10.1. The van der Waals surface area contributed by atoms with Crippen LogP contribution in [0.4, 0.5) is 17.3 Å². The molecule has 104 valence electrons. The number of nitrogens with zero attached hydrogens (tertiary/aromatic N) is 5. The SMILES string of the molecule is O=[N+]([O-])c1nonc1N1CCN(c2ccccc2)CC1. The summed E-state index contributed by atoms with van der Waals surface area (Å²) in [5, 5.41) is 17.8. The highest BCUT2D eigenvalue weighted by Crippen LogP contribution is 2.25. The van der Waals surface area contributed by atoms with Crippen LogP contribution in [0.3, 0.4) is 0 Å². The molecule has 0 radical (unpaired) electrons. The van der Waals surface area contributed by atoms with Crippen molar-refractivity contribution in [2.24, 2.45) is 0 Å². The highest BCUT2D eigenvalue weighted by Gasteiger charge is 2.29. The third-order valence-corrected chi connectivity index (χ3v) is 3.33. The Morgan fingerprint density at radius 2 is 1.70 bits per heavy atom. The molecule has 8 heteroatoms. The summed E-state index contributed by atoms with van der Waals surface area (Å²) in [5.74, 6) is -0.110. The van der Waals surface area contributed by atoms with Crippen LogP contribution in [-0.2, 0) is 0 Å². The van der Waals surface area contributed by atoms with Gasteiger partial charge in [0.05, 0.1) is 0 Å². The van der Waals surface area contributed by atoms with Crippen LogP contribution in [0.2, 0.25) is 0 Å². The van der Waals surface area contributed by atoms with Crippen LogP contribution in [0.1, 0.15) is 0 Å². The predicted octanol–water partition coefficient (Wildman–Crippen LogP) is 1.30. The van der Waals surface area contributed by atoms with Gasteiger partial charge in [0.1, 0.15) is 0 Å². The van der Waals surface area contributed by atoms with E-state index >= 15 is 0 Å². The molecular weight excluding hydrogens is 262 g/mol. The van der Waals surface area contributed by atoms with E-state index in [9.17, 15) is 10.1 Å². The summed E-state index contributed by atoms with van der Waals surface area (Å²) in [5.41, 5.74) is 1.15. The van der Waals surface area contributed by atoms with Crippen LogP contribution >= 0.6 is 0 Å². The van der Waals surface area contributed by atoms with Crippen LogP contribution < -0.4 is 9.80 Å². The van der Waals surface area contributed by atoms with E-state index in [0.29, 0.717) is 13.1 Å². The molecule has 0 N–H and O–H groups in total. The number of para-hydroxylation sites is 1. The maximum absolute atomic E-state index is 10.8. The van der Waals surface area contributed by atoms with Crippen molar-refractivity contribution in [3.8, 4) is 0 Å². The molecular formula is C12H13N5O3. The van der Waals surface area contributed by atoms with E-state index in [1.54, 1.807) is 0 Å². The van der Waals surface area contributed by atoms with Crippen molar-refractivity contribution in [2.75, 3.05) is 36.0 Å². The summed E-state index contributed by atoms with van der Waals surface area (Å²) >= 11 is 0. The number of hydrogen-bond acceptors (Lipinski definition) is 7. The monoisotopic (exact) mass is 275 g/mol. The first kappa shape index (κ1) is 12.4. The standard InChI is InChI=1S/C12H13N5O3/c18-17(19)12-11(13-20-14-12)16-8-6-15(7-9-16)10-4-2-1-3-5-10/h1-5H,6-9H2. The molecule has 0 unspecified atom stereocenters. The summed E-state index contributed by atoms with van der Waals surface area (Å²) < 4.78 is 4.47. The second-order valence-corrected chi connectivity index (χ2v) is 4.48. The minimum Gasteiger partial charge on any atom is -0.368 e. The third kappa shape index (κ3) is 2.27. The van der Waals surface area contributed by atoms with Crippen molar-refractivity contribution in [3.63, 3.8) is 0 Å². The van der Waals surface area contributed by atoms with Crippen molar-refractivity contribution < 1.29 is 9.55 Å². The van der Waals surface area contributed by atoms with Gasteiger partial charge in [-0.15, -0.1) is 4.63 Å². The number of nitro groups is 1. The van der Waals surface area contributed by atoms with E-state index in [2.05, 4.69) is 32.0 Å². The van der Waals surface area contributed by atoms with E-state index in [1.807, 2.05) is 23.1 Å². The quantitative estimate of drug-likeness (QED) is 0.616. The topological polar surface area (TPSA) is 88.5 Å². The van der Waals surface area contributed by atoms with Crippen LogP contribution in [0.25, 0.3) is 0 Å². The molecule has 1 fully saturated rings. The Labute approximate surface area is 114 Å². The minimum absolute atomic E-state index is 0.211. The maximum Gasteiger partial charge on any atom is 0.458 e. The molecule has 1 aromatic heterocycles. The average molecular weight is 275 g/mol. The molecule has 1 aliphatic rings. The van der Waals surface area contributed by atoms with Crippen molar-refractivity contribution in [2.45, 2.75) is 0 Å². The molecule has 0 bridgehead atoms. The molecule has 1 aromatic carbocycles. The summed E-state index contributed by atoms with van der Waals surface area (Å²) in [6.07, 6.45) is 0. The third-order valence-electron chi connectivity index (χ3n) is 3.33. The van der Waals surface area contributed by atoms with Gasteiger partial charge in [0.25, 0.3) is 5.82 Å². The Hall–Kier alpha value is -2.64. The average Bonchev–Trinajstić information content (AvgIpc) is 2.98. The van der Waals surface area contributed by atoms with Crippen LogP contribution in [-0.4, -0.2) is 41.4 Å². The largest absolute Gasteiger partial charge is 0.458 e. The number of hydrogen-bond donors (Lipinski definition) is 0. The summed E-state index contributed by atoms with van der Waals surface area (Å²) in [7, 11) is 0. The van der Waals surface area contributed by atoms with E-state index in [0.717, 1.165) is 18.8 Å². The second-order valence-electron chi connectivity index (χ2n) is 4.48. The van der Waals surface area contributed by atoms with Gasteiger partial charge in [0, 0.05) is 37.0 Å². The zero-order valence-electron chi connectivity index (χ0n) is 10.7. The Morgan fingerprint density at radius 1 is 1.05 bits per heavy atom. The van der Waals surface area contributed by atoms with E-state index in [4.69, 9.17) is 0 Å². The zero-order valence-corrected chi connectivity index (χ0v) is 10.7. The normalized spacial score (nSPS) is 15.4. The maximum atomic E-state index is 10.8. The van der Waals surface area contributed by atoms with Crippen LogP contribution in [0.5, 0.6) is 0 Å². The molecule has 3 rings (SSSR count). The number of anilines is 2. The summed E-state index contributed by atoms with van der Waals surface area (Å²) in [4.78, 5) is 14.3. The Morgan fingerprint density at radius 3 is 2.35 bits per heavy atom. The van der Waals surface area contributed by atoms with Gasteiger partial charge in [-0.1, -0.05) is 18.2 Å². The molecule has 0 spiro atoms. The Kier molecular flexibility index (Phi) is 3.20. The lowest BCUT2D eigenvalue weighted by Crippen LogP contribution is -2.46. The lowest BCUT2D eigenvalue weighted by molar-refractivity contribution is -0.390. The molecule has 1 aliphatic heterocycles. The van der Waals surface area contributed by atoms with Gasteiger partial charge < -0.3 is 19.9 Å². The number of piperazine rings is 1. The molecule has 8 nitrogen and oxygen atoms in total. The minimum atomic E-state index is -0.574. The molecule has 1 saturated heterocycles. The fourth-order valence-electron chi connectivity index (χ4n) is 2.31. The second kappa shape index (κ2) is 5.16. The molecule has 0 saturated carbocycles. The van der Waals surface area contributed by atoms with Gasteiger partial charge in [-0.05, 0) is 17.1 Å². The first-order valence-corrected chi connectivity index (χ1v) is 6.27. The predicted molar refractivity (Wildman–Crippen MR) is 71.8 cm³/mol. The first-order chi connectivity index (χ1) is 9.75. The van der Waals surface area contributed by atoms with Gasteiger partial charge >= 0.3 is 5.82 Å². The van der Waals surface area contributed by atoms with Gasteiger partial charge in [-0.3, -0.25) is 0 Å². The number of benzene rings is 1. The zero-order chi connectivity index (χ0) is 13.9.